The Morgan fingerprint density at radius 1 is 1.43 bits per heavy atom. The first-order chi connectivity index (χ1) is 9.62. The van der Waals surface area contributed by atoms with Crippen LogP contribution in [-0.2, 0) is 13.8 Å². The molecule has 8 heteroatoms. The van der Waals surface area contributed by atoms with Crippen LogP contribution in [0.15, 0.2) is 17.0 Å². The van der Waals surface area contributed by atoms with Gasteiger partial charge in [0.25, 0.3) is 15.0 Å². The summed E-state index contributed by atoms with van der Waals surface area (Å²) in [7, 11) is 1.11. The first kappa shape index (κ1) is 17.9. The molecule has 0 aromatic heterocycles. The van der Waals surface area contributed by atoms with Gasteiger partial charge in [0.05, 0.1) is 17.6 Å². The van der Waals surface area contributed by atoms with Gasteiger partial charge in [-0.2, -0.15) is 0 Å². The highest BCUT2D eigenvalue weighted by atomic mass is 35.7. The maximum absolute atomic E-state index is 13.7. The molecule has 0 spiro atoms. The van der Waals surface area contributed by atoms with E-state index in [1.54, 1.807) is 0 Å². The number of hydrogen-bond donors (Lipinski definition) is 1. The second kappa shape index (κ2) is 7.20. The SMILES string of the molecule is Cc1c(F)cc(C(=O)NCCOC(C)C)cc1S(=O)(=O)Cl. The maximum atomic E-state index is 13.7. The van der Waals surface area contributed by atoms with Crippen molar-refractivity contribution < 1.29 is 22.3 Å². The summed E-state index contributed by atoms with van der Waals surface area (Å²) in [5.41, 5.74) is -0.230. The molecule has 1 N–H and O–H groups in total. The number of halogens is 2. The molecule has 1 rings (SSSR count). The maximum Gasteiger partial charge on any atom is 0.261 e. The van der Waals surface area contributed by atoms with Crippen molar-refractivity contribution in [3.8, 4) is 0 Å². The highest BCUT2D eigenvalue weighted by molar-refractivity contribution is 8.13. The average molecular weight is 338 g/mol. The van der Waals surface area contributed by atoms with Gasteiger partial charge in [-0.15, -0.1) is 0 Å². The molecule has 5 nitrogen and oxygen atoms in total. The molecule has 118 valence electrons. The van der Waals surface area contributed by atoms with Gasteiger partial charge in [0.1, 0.15) is 5.82 Å². The van der Waals surface area contributed by atoms with Crippen molar-refractivity contribution >= 4 is 25.6 Å². The van der Waals surface area contributed by atoms with E-state index >= 15 is 0 Å². The van der Waals surface area contributed by atoms with Crippen LogP contribution in [-0.4, -0.2) is 33.6 Å². The smallest absolute Gasteiger partial charge is 0.261 e. The molecule has 21 heavy (non-hydrogen) atoms. The number of ether oxygens (including phenoxy) is 1. The van der Waals surface area contributed by atoms with Crippen LogP contribution < -0.4 is 5.32 Å². The van der Waals surface area contributed by atoms with Crippen LogP contribution in [0.1, 0.15) is 29.8 Å². The quantitative estimate of drug-likeness (QED) is 0.638. The molecular weight excluding hydrogens is 321 g/mol. The van der Waals surface area contributed by atoms with Gasteiger partial charge >= 0.3 is 0 Å². The molecule has 1 amide bonds. The fourth-order valence-corrected chi connectivity index (χ4v) is 2.81. The van der Waals surface area contributed by atoms with E-state index < -0.39 is 25.7 Å². The molecule has 0 saturated heterocycles. The molecular formula is C13H17ClFNO4S. The highest BCUT2D eigenvalue weighted by Crippen LogP contribution is 2.23. The average Bonchev–Trinajstić information content (AvgIpc) is 2.35. The van der Waals surface area contributed by atoms with E-state index in [1.165, 1.54) is 6.92 Å². The van der Waals surface area contributed by atoms with Crippen LogP contribution in [0.5, 0.6) is 0 Å². The van der Waals surface area contributed by atoms with Crippen LogP contribution in [0.4, 0.5) is 4.39 Å². The number of amides is 1. The van der Waals surface area contributed by atoms with Crippen LogP contribution in [0.25, 0.3) is 0 Å². The van der Waals surface area contributed by atoms with Gasteiger partial charge in [-0.1, -0.05) is 0 Å². The van der Waals surface area contributed by atoms with Crippen LogP contribution in [0.2, 0.25) is 0 Å². The minimum atomic E-state index is -4.12. The van der Waals surface area contributed by atoms with Crippen molar-refractivity contribution in [2.45, 2.75) is 31.8 Å². The lowest BCUT2D eigenvalue weighted by molar-refractivity contribution is 0.0746. The minimum Gasteiger partial charge on any atom is -0.377 e. The number of carbonyl (C=O) groups is 1. The van der Waals surface area contributed by atoms with Crippen molar-refractivity contribution in [2.75, 3.05) is 13.2 Å². The summed E-state index contributed by atoms with van der Waals surface area (Å²) < 4.78 is 41.7. The Kier molecular flexibility index (Phi) is 6.12. The Morgan fingerprint density at radius 2 is 2.05 bits per heavy atom. The molecule has 1 aromatic carbocycles. The van der Waals surface area contributed by atoms with Crippen LogP contribution in [0.3, 0.4) is 0 Å². The topological polar surface area (TPSA) is 72.5 Å². The summed E-state index contributed by atoms with van der Waals surface area (Å²) in [5, 5.41) is 2.51. The van der Waals surface area contributed by atoms with E-state index in [2.05, 4.69) is 5.32 Å². The van der Waals surface area contributed by atoms with Crippen molar-refractivity contribution in [1.82, 2.24) is 5.32 Å². The Labute approximate surface area is 127 Å². The predicted molar refractivity (Wildman–Crippen MR) is 77.6 cm³/mol. The lowest BCUT2D eigenvalue weighted by Gasteiger charge is -2.10. The molecule has 0 aliphatic rings. The first-order valence-electron chi connectivity index (χ1n) is 6.27. The molecule has 0 saturated carbocycles. The van der Waals surface area contributed by atoms with Crippen LogP contribution >= 0.6 is 10.7 Å². The fraction of sp³-hybridized carbons (Fsp3) is 0.462. The van der Waals surface area contributed by atoms with E-state index in [0.29, 0.717) is 6.61 Å². The van der Waals surface area contributed by atoms with Gasteiger partial charge in [0, 0.05) is 28.4 Å². The number of benzene rings is 1. The van der Waals surface area contributed by atoms with Gasteiger partial charge in [-0.3, -0.25) is 4.79 Å². The van der Waals surface area contributed by atoms with Crippen molar-refractivity contribution in [2.24, 2.45) is 0 Å². The number of nitrogens with one attached hydrogen (secondary N) is 1. The zero-order valence-electron chi connectivity index (χ0n) is 11.9. The van der Waals surface area contributed by atoms with Gasteiger partial charge < -0.3 is 10.1 Å². The summed E-state index contributed by atoms with van der Waals surface area (Å²) in [6.45, 7) is 5.53. The first-order valence-corrected chi connectivity index (χ1v) is 8.58. The van der Waals surface area contributed by atoms with Crippen LogP contribution in [0, 0.1) is 12.7 Å². The molecule has 1 aromatic rings. The molecule has 0 radical (unpaired) electrons. The zero-order valence-corrected chi connectivity index (χ0v) is 13.5. The van der Waals surface area contributed by atoms with E-state index in [-0.39, 0.29) is 23.8 Å². The second-order valence-corrected chi connectivity index (χ2v) is 7.23. The van der Waals surface area contributed by atoms with E-state index in [9.17, 15) is 17.6 Å². The second-order valence-electron chi connectivity index (χ2n) is 4.69. The Morgan fingerprint density at radius 3 is 2.57 bits per heavy atom. The molecule has 0 bridgehead atoms. The molecule has 0 unspecified atom stereocenters. The summed E-state index contributed by atoms with van der Waals surface area (Å²) in [6.07, 6.45) is 0.0340. The number of hydrogen-bond acceptors (Lipinski definition) is 4. The predicted octanol–water partition coefficient (Wildman–Crippen LogP) is 2.22. The Balaban J connectivity index is 2.89. The molecule has 0 aliphatic carbocycles. The fourth-order valence-electron chi connectivity index (χ4n) is 1.60. The lowest BCUT2D eigenvalue weighted by atomic mass is 10.1. The van der Waals surface area contributed by atoms with E-state index in [1.807, 2.05) is 13.8 Å². The van der Waals surface area contributed by atoms with Crippen molar-refractivity contribution in [3.63, 3.8) is 0 Å². The standard InChI is InChI=1S/C13H17ClFNO4S/c1-8(2)20-5-4-16-13(17)10-6-11(15)9(3)12(7-10)21(14,18)19/h6-8H,4-5H2,1-3H3,(H,16,17). The van der Waals surface area contributed by atoms with Gasteiger partial charge in [-0.25, -0.2) is 12.8 Å². The van der Waals surface area contributed by atoms with E-state index in [0.717, 1.165) is 12.1 Å². The lowest BCUT2D eigenvalue weighted by Crippen LogP contribution is -2.28. The normalized spacial score (nSPS) is 11.7. The van der Waals surface area contributed by atoms with E-state index in [4.69, 9.17) is 15.4 Å². The third-order valence-corrected chi connectivity index (χ3v) is 4.11. The van der Waals surface area contributed by atoms with Crippen molar-refractivity contribution in [3.05, 3.63) is 29.1 Å². The third-order valence-electron chi connectivity index (χ3n) is 2.66. The van der Waals surface area contributed by atoms with Gasteiger partial charge in [0.15, 0.2) is 0 Å². The summed E-state index contributed by atoms with van der Waals surface area (Å²) >= 11 is 0. The molecule has 0 atom stereocenters. The largest absolute Gasteiger partial charge is 0.377 e. The number of carbonyl (C=O) groups excluding carboxylic acids is 1. The Hall–Kier alpha value is -1.18. The summed E-state index contributed by atoms with van der Waals surface area (Å²) in [4.78, 5) is 11.5. The highest BCUT2D eigenvalue weighted by Gasteiger charge is 2.20. The number of rotatable bonds is 6. The third kappa shape index (κ3) is 5.26. The zero-order chi connectivity index (χ0) is 16.2. The molecule has 0 aliphatic heterocycles. The van der Waals surface area contributed by atoms with Gasteiger partial charge in [-0.05, 0) is 32.9 Å². The van der Waals surface area contributed by atoms with Crippen molar-refractivity contribution in [1.29, 1.82) is 0 Å². The summed E-state index contributed by atoms with van der Waals surface area (Å²) in [5.74, 6) is -1.40. The molecule has 0 fully saturated rings. The molecule has 0 heterocycles. The minimum absolute atomic E-state index is 0.0340. The summed E-state index contributed by atoms with van der Waals surface area (Å²) in [6, 6.07) is 2.03. The Bertz CT molecular complexity index is 631. The monoisotopic (exact) mass is 337 g/mol. The van der Waals surface area contributed by atoms with Gasteiger partial charge in [0.2, 0.25) is 0 Å².